The Morgan fingerprint density at radius 2 is 2.17 bits per heavy atom. The number of hydrogen-bond acceptors (Lipinski definition) is 2. The van der Waals surface area contributed by atoms with Gasteiger partial charge in [0.15, 0.2) is 0 Å². The molecule has 0 radical (unpaired) electrons. The minimum atomic E-state index is -0.528. The minimum Gasteiger partial charge on any atom is -0.382 e. The van der Waals surface area contributed by atoms with Crippen molar-refractivity contribution in [3.63, 3.8) is 0 Å². The summed E-state index contributed by atoms with van der Waals surface area (Å²) in [6.07, 6.45) is 5.06. The third-order valence-electron chi connectivity index (χ3n) is 3.67. The first-order valence-electron chi connectivity index (χ1n) is 6.62. The van der Waals surface area contributed by atoms with Crippen LogP contribution in [0.15, 0.2) is 24.3 Å². The van der Waals surface area contributed by atoms with Crippen molar-refractivity contribution in [2.45, 2.75) is 38.6 Å². The van der Waals surface area contributed by atoms with Gasteiger partial charge in [-0.1, -0.05) is 25.8 Å². The number of rotatable bonds is 4. The molecule has 2 atom stereocenters. The number of nitrogens with two attached hydrogens (primary N) is 1. The molecule has 1 fully saturated rings. The summed E-state index contributed by atoms with van der Waals surface area (Å²) in [6.45, 7) is 2.25. The highest BCUT2D eigenvalue weighted by atomic mass is 16.2. The molecule has 0 aromatic heterocycles. The molecule has 0 bridgehead atoms. The number of anilines is 2. The van der Waals surface area contributed by atoms with Crippen LogP contribution < -0.4 is 16.4 Å². The zero-order valence-corrected chi connectivity index (χ0v) is 10.8. The van der Waals surface area contributed by atoms with Gasteiger partial charge >= 0.3 is 6.03 Å². The van der Waals surface area contributed by atoms with Gasteiger partial charge in [-0.05, 0) is 37.0 Å². The van der Waals surface area contributed by atoms with E-state index in [0.29, 0.717) is 6.04 Å². The van der Waals surface area contributed by atoms with Crippen LogP contribution in [0.1, 0.15) is 32.6 Å². The van der Waals surface area contributed by atoms with Crippen LogP contribution in [0.25, 0.3) is 0 Å². The maximum atomic E-state index is 10.8. The quantitative estimate of drug-likeness (QED) is 0.765. The molecular formula is C14H21N3O. The molecule has 1 aromatic carbocycles. The number of nitrogens with one attached hydrogen (secondary N) is 2. The predicted molar refractivity (Wildman–Crippen MR) is 74.7 cm³/mol. The van der Waals surface area contributed by atoms with Crippen molar-refractivity contribution in [3.8, 4) is 0 Å². The fourth-order valence-electron chi connectivity index (χ4n) is 2.76. The summed E-state index contributed by atoms with van der Waals surface area (Å²) in [4.78, 5) is 10.8. The number of hydrogen-bond donors (Lipinski definition) is 3. The van der Waals surface area contributed by atoms with E-state index in [1.807, 2.05) is 24.3 Å². The fourth-order valence-corrected chi connectivity index (χ4v) is 2.76. The van der Waals surface area contributed by atoms with Crippen LogP contribution in [0, 0.1) is 5.92 Å². The van der Waals surface area contributed by atoms with E-state index < -0.39 is 6.03 Å². The fraction of sp³-hybridized carbons (Fsp3) is 0.500. The monoisotopic (exact) mass is 247 g/mol. The SMILES string of the molecule is CCC1CCCC1Nc1cccc(NC(N)=O)c1. The Morgan fingerprint density at radius 1 is 1.39 bits per heavy atom. The van der Waals surface area contributed by atoms with E-state index in [9.17, 15) is 4.79 Å². The lowest BCUT2D eigenvalue weighted by Gasteiger charge is -2.21. The molecule has 2 rings (SSSR count). The molecule has 0 aliphatic heterocycles. The molecule has 0 spiro atoms. The van der Waals surface area contributed by atoms with Gasteiger partial charge in [-0.3, -0.25) is 0 Å². The molecule has 0 saturated heterocycles. The van der Waals surface area contributed by atoms with E-state index in [-0.39, 0.29) is 0 Å². The number of carbonyl (C=O) groups excluding carboxylic acids is 1. The molecule has 1 aromatic rings. The van der Waals surface area contributed by atoms with Crippen molar-refractivity contribution in [1.82, 2.24) is 0 Å². The molecule has 2 unspecified atom stereocenters. The van der Waals surface area contributed by atoms with E-state index in [1.54, 1.807) is 0 Å². The van der Waals surface area contributed by atoms with Crippen LogP contribution in [0.4, 0.5) is 16.2 Å². The molecule has 18 heavy (non-hydrogen) atoms. The van der Waals surface area contributed by atoms with Crippen LogP contribution in [0.3, 0.4) is 0 Å². The number of benzene rings is 1. The lowest BCUT2D eigenvalue weighted by Crippen LogP contribution is -2.23. The minimum absolute atomic E-state index is 0.528. The smallest absolute Gasteiger partial charge is 0.316 e. The highest BCUT2D eigenvalue weighted by Crippen LogP contribution is 2.31. The summed E-state index contributed by atoms with van der Waals surface area (Å²) >= 11 is 0. The van der Waals surface area contributed by atoms with Crippen LogP contribution in [-0.2, 0) is 0 Å². The van der Waals surface area contributed by atoms with Gasteiger partial charge in [0.1, 0.15) is 0 Å². The molecule has 4 heteroatoms. The molecule has 2 amide bonds. The number of urea groups is 1. The van der Waals surface area contributed by atoms with Gasteiger partial charge in [0.25, 0.3) is 0 Å². The highest BCUT2D eigenvalue weighted by Gasteiger charge is 2.25. The van der Waals surface area contributed by atoms with Crippen molar-refractivity contribution >= 4 is 17.4 Å². The average molecular weight is 247 g/mol. The van der Waals surface area contributed by atoms with Gasteiger partial charge < -0.3 is 16.4 Å². The Hall–Kier alpha value is -1.71. The predicted octanol–water partition coefficient (Wildman–Crippen LogP) is 3.17. The van der Waals surface area contributed by atoms with Crippen LogP contribution >= 0.6 is 0 Å². The number of amides is 2. The van der Waals surface area contributed by atoms with Crippen molar-refractivity contribution < 1.29 is 4.79 Å². The zero-order valence-electron chi connectivity index (χ0n) is 10.8. The highest BCUT2D eigenvalue weighted by molar-refractivity contribution is 5.88. The Kier molecular flexibility index (Phi) is 4.07. The summed E-state index contributed by atoms with van der Waals surface area (Å²) in [7, 11) is 0. The summed E-state index contributed by atoms with van der Waals surface area (Å²) in [5.74, 6) is 0.762. The van der Waals surface area contributed by atoms with Crippen molar-refractivity contribution in [2.24, 2.45) is 11.7 Å². The molecule has 4 nitrogen and oxygen atoms in total. The van der Waals surface area contributed by atoms with E-state index in [4.69, 9.17) is 5.73 Å². The first-order chi connectivity index (χ1) is 8.69. The topological polar surface area (TPSA) is 67.2 Å². The van der Waals surface area contributed by atoms with Crippen LogP contribution in [-0.4, -0.2) is 12.1 Å². The van der Waals surface area contributed by atoms with Gasteiger partial charge in [-0.15, -0.1) is 0 Å². The summed E-state index contributed by atoms with van der Waals surface area (Å²) in [6, 6.07) is 7.73. The number of carbonyl (C=O) groups is 1. The normalized spacial score (nSPS) is 22.7. The standard InChI is InChI=1S/C14H21N3O/c1-2-10-5-3-8-13(10)16-11-6-4-7-12(9-11)17-14(15)18/h4,6-7,9-10,13,16H,2-3,5,8H2,1H3,(H3,15,17,18). The Bertz CT molecular complexity index is 419. The summed E-state index contributed by atoms with van der Waals surface area (Å²) in [5.41, 5.74) is 6.89. The lowest BCUT2D eigenvalue weighted by molar-refractivity contribution is 0.259. The summed E-state index contributed by atoms with van der Waals surface area (Å²) in [5, 5.41) is 6.16. The van der Waals surface area contributed by atoms with Crippen LogP contribution in [0.5, 0.6) is 0 Å². The lowest BCUT2D eigenvalue weighted by atomic mass is 10.0. The Labute approximate surface area is 108 Å². The van der Waals surface area contributed by atoms with Gasteiger partial charge in [0.05, 0.1) is 0 Å². The molecule has 4 N–H and O–H groups in total. The van der Waals surface area contributed by atoms with E-state index in [0.717, 1.165) is 17.3 Å². The number of primary amides is 1. The van der Waals surface area contributed by atoms with E-state index >= 15 is 0 Å². The molecule has 1 aliphatic rings. The van der Waals surface area contributed by atoms with Crippen molar-refractivity contribution in [2.75, 3.05) is 10.6 Å². The molecule has 98 valence electrons. The Balaban J connectivity index is 2.02. The molecule has 1 saturated carbocycles. The van der Waals surface area contributed by atoms with Crippen molar-refractivity contribution in [3.05, 3.63) is 24.3 Å². The molecule has 0 heterocycles. The first-order valence-corrected chi connectivity index (χ1v) is 6.62. The second-order valence-corrected chi connectivity index (χ2v) is 4.92. The van der Waals surface area contributed by atoms with Crippen molar-refractivity contribution in [1.29, 1.82) is 0 Å². The maximum absolute atomic E-state index is 10.8. The third-order valence-corrected chi connectivity index (χ3v) is 3.67. The first kappa shape index (κ1) is 12.7. The third kappa shape index (κ3) is 3.15. The van der Waals surface area contributed by atoms with E-state index in [2.05, 4.69) is 17.6 Å². The molecule has 1 aliphatic carbocycles. The maximum Gasteiger partial charge on any atom is 0.316 e. The van der Waals surface area contributed by atoms with Gasteiger partial charge in [-0.2, -0.15) is 0 Å². The molecular weight excluding hydrogens is 226 g/mol. The average Bonchev–Trinajstić information content (AvgIpc) is 2.76. The van der Waals surface area contributed by atoms with Gasteiger partial charge in [-0.25, -0.2) is 4.79 Å². The summed E-state index contributed by atoms with van der Waals surface area (Å²) < 4.78 is 0. The Morgan fingerprint density at radius 3 is 2.89 bits per heavy atom. The second kappa shape index (κ2) is 5.76. The largest absolute Gasteiger partial charge is 0.382 e. The van der Waals surface area contributed by atoms with Gasteiger partial charge in [0, 0.05) is 17.4 Å². The van der Waals surface area contributed by atoms with Crippen LogP contribution in [0.2, 0.25) is 0 Å². The van der Waals surface area contributed by atoms with Gasteiger partial charge in [0.2, 0.25) is 0 Å². The zero-order chi connectivity index (χ0) is 13.0. The second-order valence-electron chi connectivity index (χ2n) is 4.92. The van der Waals surface area contributed by atoms with E-state index in [1.165, 1.54) is 25.7 Å².